The number of alkyl halides is 2. The van der Waals surface area contributed by atoms with Gasteiger partial charge in [-0.15, -0.1) is 18.2 Å². The summed E-state index contributed by atoms with van der Waals surface area (Å²) in [6.07, 6.45) is 6.15. The van der Waals surface area contributed by atoms with E-state index in [4.69, 9.17) is 6.42 Å². The minimum Gasteiger partial charge on any atom is -0.510 e. The minimum atomic E-state index is -3.00. The molecule has 0 saturated carbocycles. The molecule has 0 unspecified atom stereocenters. The lowest BCUT2D eigenvalue weighted by Crippen LogP contribution is -2.67. The van der Waals surface area contributed by atoms with E-state index in [9.17, 15) is 23.1 Å². The van der Waals surface area contributed by atoms with E-state index in [0.717, 1.165) is 21.6 Å². The van der Waals surface area contributed by atoms with Crippen LogP contribution in [-0.2, 0) is 10.5 Å². The predicted octanol–water partition coefficient (Wildman–Crippen LogP) is 5.57. The highest BCUT2D eigenvalue weighted by Gasteiger charge is 2.53. The van der Waals surface area contributed by atoms with E-state index in [2.05, 4.69) is 5.92 Å². The zero-order valence-electron chi connectivity index (χ0n) is 19.5. The Morgan fingerprint density at radius 3 is 2.78 bits per heavy atom. The maximum absolute atomic E-state index is 14.9. The summed E-state index contributed by atoms with van der Waals surface area (Å²) in [7, 11) is 0. The van der Waals surface area contributed by atoms with E-state index in [0.29, 0.717) is 5.75 Å². The van der Waals surface area contributed by atoms with Gasteiger partial charge in [0.25, 0.3) is 11.8 Å². The Bertz CT molecular complexity index is 1320. The number of carbonyl (C=O) groups is 1. The molecular weight excluding hydrogens is 487 g/mol. The Kier molecular flexibility index (Phi) is 6.27. The van der Waals surface area contributed by atoms with Gasteiger partial charge in [-0.3, -0.25) is 9.80 Å². The number of amides is 1. The number of benzene rings is 2. The van der Waals surface area contributed by atoms with E-state index >= 15 is 0 Å². The molecule has 0 bridgehead atoms. The lowest BCUT2D eigenvalue weighted by molar-refractivity contribution is -0.195. The van der Waals surface area contributed by atoms with Gasteiger partial charge in [-0.05, 0) is 41.8 Å². The van der Waals surface area contributed by atoms with Crippen LogP contribution in [0.1, 0.15) is 42.5 Å². The van der Waals surface area contributed by atoms with Crippen molar-refractivity contribution >= 4 is 17.7 Å². The van der Waals surface area contributed by atoms with Gasteiger partial charge in [0.15, 0.2) is 5.70 Å². The fourth-order valence-corrected chi connectivity index (χ4v) is 6.26. The number of aliphatic hydroxyl groups excluding tert-OH is 1. The Labute approximate surface area is 211 Å². The number of piperidine rings is 1. The Morgan fingerprint density at radius 2 is 2.03 bits per heavy atom. The van der Waals surface area contributed by atoms with Crippen LogP contribution in [0.4, 0.5) is 13.2 Å². The Morgan fingerprint density at radius 1 is 1.25 bits per heavy atom. The second-order valence-corrected chi connectivity index (χ2v) is 10.0. The normalized spacial score (nSPS) is 25.0. The van der Waals surface area contributed by atoms with Crippen LogP contribution in [0.3, 0.4) is 0 Å². The average Bonchev–Trinajstić information content (AvgIpc) is 2.98. The van der Waals surface area contributed by atoms with Gasteiger partial charge in [-0.2, -0.15) is 5.01 Å². The summed E-state index contributed by atoms with van der Waals surface area (Å²) in [6.45, 7) is 1.21. The number of fused-ring (bicyclic) bond motifs is 3. The number of aliphatic hydroxyl groups is 1. The maximum atomic E-state index is 14.9. The maximum Gasteiger partial charge on any atom is 0.276 e. The third-order valence-corrected chi connectivity index (χ3v) is 7.86. The van der Waals surface area contributed by atoms with Crippen LogP contribution >= 0.6 is 11.8 Å². The zero-order chi connectivity index (χ0) is 25.6. The molecule has 0 aliphatic carbocycles. The molecule has 2 aromatic carbocycles. The molecule has 3 aliphatic heterocycles. The van der Waals surface area contributed by atoms with Crippen LogP contribution in [-0.4, -0.2) is 44.6 Å². The second-order valence-electron chi connectivity index (χ2n) is 9.00. The van der Waals surface area contributed by atoms with Gasteiger partial charge in [0, 0.05) is 42.3 Å². The van der Waals surface area contributed by atoms with Gasteiger partial charge >= 0.3 is 0 Å². The van der Waals surface area contributed by atoms with Gasteiger partial charge < -0.3 is 10.0 Å². The van der Waals surface area contributed by atoms with Crippen LogP contribution < -0.4 is 0 Å². The molecule has 5 nitrogen and oxygen atoms in total. The molecule has 2 atom stereocenters. The van der Waals surface area contributed by atoms with E-state index in [-0.39, 0.29) is 18.0 Å². The smallest absolute Gasteiger partial charge is 0.276 e. The van der Waals surface area contributed by atoms with E-state index in [1.54, 1.807) is 11.1 Å². The molecule has 0 aromatic heterocycles. The zero-order valence-corrected chi connectivity index (χ0v) is 20.3. The van der Waals surface area contributed by atoms with Crippen LogP contribution in [0.5, 0.6) is 0 Å². The number of nitrogens with zero attached hydrogens (tertiary/aromatic N) is 3. The van der Waals surface area contributed by atoms with Crippen molar-refractivity contribution in [1.82, 2.24) is 14.9 Å². The first-order valence-electron chi connectivity index (χ1n) is 11.5. The van der Waals surface area contributed by atoms with Crippen molar-refractivity contribution in [3.8, 4) is 12.3 Å². The lowest BCUT2D eigenvalue weighted by Gasteiger charge is -2.55. The molecule has 1 amide bonds. The number of carbonyl (C=O) groups excluding carboxylic acids is 1. The number of hydrazine groups is 1. The van der Waals surface area contributed by atoms with Gasteiger partial charge in [0.2, 0.25) is 0 Å². The van der Waals surface area contributed by atoms with Crippen LogP contribution in [0, 0.1) is 18.2 Å². The Balaban J connectivity index is 1.80. The predicted molar refractivity (Wildman–Crippen MR) is 131 cm³/mol. The first-order chi connectivity index (χ1) is 17.2. The van der Waals surface area contributed by atoms with Crippen molar-refractivity contribution in [2.75, 3.05) is 6.54 Å². The standard InChI is InChI=1S/C27H24F3N3O2S/c1-3-4-12-32-24(17(2)34)26(35)31-13-11-27(29,30)15-23(31)33(32)25-20-10-9-19(28)14-18(20)16-36-22-8-6-5-7-21(22)25/h1,4-10,12,14,23,25,34H,11,13,15-16H2,2H3/b12-4-,24-17+/t23-,25+/m1/s1. The summed E-state index contributed by atoms with van der Waals surface area (Å²) in [4.78, 5) is 15.8. The number of allylic oxidation sites excluding steroid dienone is 2. The van der Waals surface area contributed by atoms with Crippen molar-refractivity contribution < 1.29 is 23.1 Å². The highest BCUT2D eigenvalue weighted by Crippen LogP contribution is 2.48. The molecule has 2 aromatic rings. The minimum absolute atomic E-state index is 0.0685. The summed E-state index contributed by atoms with van der Waals surface area (Å²) in [5.74, 6) is -1.34. The molecule has 5 rings (SSSR count). The third-order valence-electron chi connectivity index (χ3n) is 6.72. The highest BCUT2D eigenvalue weighted by molar-refractivity contribution is 7.98. The van der Waals surface area contributed by atoms with E-state index < -0.39 is 42.7 Å². The second kappa shape index (κ2) is 9.26. The van der Waals surface area contributed by atoms with Gasteiger partial charge in [0.1, 0.15) is 17.7 Å². The molecule has 3 heterocycles. The molecule has 0 radical (unpaired) electrons. The average molecular weight is 512 g/mol. The first kappa shape index (κ1) is 24.3. The summed E-state index contributed by atoms with van der Waals surface area (Å²) in [5.41, 5.74) is 2.21. The van der Waals surface area contributed by atoms with E-state index in [1.165, 1.54) is 53.0 Å². The SMILES string of the molecule is C#C/C=C\N1/C(=C(\C)O)C(=O)N2CCC(F)(F)C[C@H]2N1[C@H]1c2ccc(F)cc2CSc2ccccc21. The van der Waals surface area contributed by atoms with Gasteiger partial charge in [0.05, 0.1) is 6.04 Å². The van der Waals surface area contributed by atoms with Crippen LogP contribution in [0.2, 0.25) is 0 Å². The largest absolute Gasteiger partial charge is 0.510 e. The molecule has 2 saturated heterocycles. The fraction of sp³-hybridized carbons (Fsp3) is 0.296. The van der Waals surface area contributed by atoms with Gasteiger partial charge in [-0.1, -0.05) is 30.2 Å². The fourth-order valence-electron chi connectivity index (χ4n) is 5.17. The summed E-state index contributed by atoms with van der Waals surface area (Å²) in [6, 6.07) is 11.4. The monoisotopic (exact) mass is 511 g/mol. The van der Waals surface area contributed by atoms with Crippen molar-refractivity contribution in [1.29, 1.82) is 0 Å². The molecule has 3 aliphatic rings. The molecule has 186 valence electrons. The van der Waals surface area contributed by atoms with Crippen molar-refractivity contribution in [2.24, 2.45) is 0 Å². The van der Waals surface area contributed by atoms with Crippen LogP contribution in [0.25, 0.3) is 0 Å². The topological polar surface area (TPSA) is 47.0 Å². The summed E-state index contributed by atoms with van der Waals surface area (Å²) < 4.78 is 44.0. The number of terminal acetylenes is 1. The number of thioether (sulfide) groups is 1. The Hall–Kier alpha value is -3.35. The number of rotatable bonds is 2. The van der Waals surface area contributed by atoms with Crippen LogP contribution in [0.15, 0.2) is 71.1 Å². The number of hydrogen-bond donors (Lipinski definition) is 1. The molecule has 9 heteroatoms. The molecular formula is C27H24F3N3O2S. The molecule has 36 heavy (non-hydrogen) atoms. The lowest BCUT2D eigenvalue weighted by atomic mass is 9.91. The van der Waals surface area contributed by atoms with Crippen molar-refractivity contribution in [2.45, 2.75) is 48.5 Å². The highest BCUT2D eigenvalue weighted by atomic mass is 32.2. The molecule has 0 spiro atoms. The van der Waals surface area contributed by atoms with E-state index in [1.807, 2.05) is 24.3 Å². The van der Waals surface area contributed by atoms with Crippen molar-refractivity contribution in [3.05, 3.63) is 88.7 Å². The molecule has 1 N–H and O–H groups in total. The third kappa shape index (κ3) is 4.14. The quantitative estimate of drug-likeness (QED) is 0.324. The summed E-state index contributed by atoms with van der Waals surface area (Å²) in [5, 5.41) is 13.7. The summed E-state index contributed by atoms with van der Waals surface area (Å²) >= 11 is 1.53. The molecule has 2 fully saturated rings. The van der Waals surface area contributed by atoms with Crippen molar-refractivity contribution in [3.63, 3.8) is 0 Å². The number of halogens is 3. The van der Waals surface area contributed by atoms with Gasteiger partial charge in [-0.25, -0.2) is 13.2 Å². The number of hydrogen-bond acceptors (Lipinski definition) is 5. The first-order valence-corrected chi connectivity index (χ1v) is 12.5.